The third-order valence-corrected chi connectivity index (χ3v) is 2.55. The molecule has 0 bridgehead atoms. The molecule has 16 heavy (non-hydrogen) atoms. The van der Waals surface area contributed by atoms with Gasteiger partial charge >= 0.3 is 5.97 Å². The highest BCUT2D eigenvalue weighted by atomic mass is 16.5. The van der Waals surface area contributed by atoms with Crippen molar-refractivity contribution in [3.05, 3.63) is 29.3 Å². The third-order valence-electron chi connectivity index (χ3n) is 2.55. The van der Waals surface area contributed by atoms with E-state index in [1.54, 1.807) is 19.1 Å². The van der Waals surface area contributed by atoms with Crippen molar-refractivity contribution in [2.45, 2.75) is 19.4 Å². The summed E-state index contributed by atoms with van der Waals surface area (Å²) in [6.07, 6.45) is -0.347. The van der Waals surface area contributed by atoms with E-state index < -0.39 is 12.1 Å². The van der Waals surface area contributed by atoms with Crippen molar-refractivity contribution >= 4 is 5.97 Å². The zero-order valence-corrected chi connectivity index (χ0v) is 9.10. The molecular formula is C12H14O4. The van der Waals surface area contributed by atoms with Crippen molar-refractivity contribution in [2.24, 2.45) is 0 Å². The second-order valence-electron chi connectivity index (χ2n) is 3.62. The normalized spacial score (nSPS) is 15.1. The first-order chi connectivity index (χ1) is 7.72. The van der Waals surface area contributed by atoms with E-state index in [1.807, 2.05) is 6.07 Å². The molecule has 0 amide bonds. The predicted octanol–water partition coefficient (Wildman–Crippen LogP) is 1.22. The van der Waals surface area contributed by atoms with E-state index in [9.17, 15) is 9.90 Å². The van der Waals surface area contributed by atoms with Crippen LogP contribution in [0, 0.1) is 0 Å². The van der Waals surface area contributed by atoms with E-state index in [2.05, 4.69) is 0 Å². The summed E-state index contributed by atoms with van der Waals surface area (Å²) < 4.78 is 10.1. The molecule has 4 nitrogen and oxygen atoms in total. The number of hydrogen-bond donors (Lipinski definition) is 1. The van der Waals surface area contributed by atoms with Crippen LogP contribution in [0.2, 0.25) is 0 Å². The smallest absolute Gasteiger partial charge is 0.339 e. The van der Waals surface area contributed by atoms with Gasteiger partial charge in [-0.1, -0.05) is 12.1 Å². The first-order valence-electron chi connectivity index (χ1n) is 5.32. The molecule has 1 aromatic rings. The number of aliphatic hydroxyl groups is 1. The molecule has 1 aliphatic heterocycles. The van der Waals surface area contributed by atoms with Crippen molar-refractivity contribution in [2.75, 3.05) is 13.2 Å². The van der Waals surface area contributed by atoms with Gasteiger partial charge in [-0.2, -0.15) is 0 Å². The van der Waals surface area contributed by atoms with E-state index in [4.69, 9.17) is 9.47 Å². The molecule has 1 aliphatic rings. The monoisotopic (exact) mass is 222 g/mol. The van der Waals surface area contributed by atoms with Gasteiger partial charge in [0.15, 0.2) is 6.10 Å². The maximum absolute atomic E-state index is 11.3. The molecule has 0 aliphatic carbocycles. The highest BCUT2D eigenvalue weighted by Gasteiger charge is 2.21. The number of rotatable bonds is 3. The number of carbonyl (C=O) groups is 1. The molecule has 1 atom stereocenters. The first-order valence-corrected chi connectivity index (χ1v) is 5.32. The highest BCUT2D eigenvalue weighted by molar-refractivity contribution is 5.76. The van der Waals surface area contributed by atoms with E-state index in [0.717, 1.165) is 17.7 Å². The Morgan fingerprint density at radius 2 is 2.44 bits per heavy atom. The fourth-order valence-electron chi connectivity index (χ4n) is 1.71. The van der Waals surface area contributed by atoms with Gasteiger partial charge in [0.1, 0.15) is 5.75 Å². The minimum Gasteiger partial charge on any atom is -0.493 e. The largest absolute Gasteiger partial charge is 0.493 e. The molecule has 1 heterocycles. The van der Waals surface area contributed by atoms with Gasteiger partial charge in [0.2, 0.25) is 0 Å². The van der Waals surface area contributed by atoms with Gasteiger partial charge in [0, 0.05) is 6.42 Å². The Morgan fingerprint density at radius 1 is 1.62 bits per heavy atom. The summed E-state index contributed by atoms with van der Waals surface area (Å²) in [4.78, 5) is 11.3. The average Bonchev–Trinajstić information content (AvgIpc) is 2.75. The van der Waals surface area contributed by atoms with Crippen LogP contribution in [0.25, 0.3) is 0 Å². The van der Waals surface area contributed by atoms with Crippen LogP contribution in [-0.2, 0) is 16.0 Å². The fourth-order valence-corrected chi connectivity index (χ4v) is 1.71. The zero-order valence-electron chi connectivity index (χ0n) is 9.10. The Kier molecular flexibility index (Phi) is 3.10. The molecule has 1 unspecified atom stereocenters. The molecule has 0 aromatic heterocycles. The molecule has 0 spiro atoms. The van der Waals surface area contributed by atoms with Crippen LogP contribution >= 0.6 is 0 Å². The molecule has 0 fully saturated rings. The Morgan fingerprint density at radius 3 is 3.19 bits per heavy atom. The van der Waals surface area contributed by atoms with Gasteiger partial charge in [-0.25, -0.2) is 4.79 Å². The summed E-state index contributed by atoms with van der Waals surface area (Å²) in [5.41, 5.74) is 1.62. The summed E-state index contributed by atoms with van der Waals surface area (Å²) >= 11 is 0. The predicted molar refractivity (Wildman–Crippen MR) is 57.2 cm³/mol. The van der Waals surface area contributed by atoms with Crippen molar-refractivity contribution in [3.8, 4) is 5.75 Å². The molecule has 0 radical (unpaired) electrons. The van der Waals surface area contributed by atoms with Gasteiger partial charge in [-0.3, -0.25) is 0 Å². The molecule has 0 saturated heterocycles. The number of aliphatic hydroxyl groups excluding tert-OH is 1. The number of esters is 1. The minimum absolute atomic E-state index is 0.261. The molecule has 4 heteroatoms. The van der Waals surface area contributed by atoms with Crippen LogP contribution in [0.15, 0.2) is 18.2 Å². The van der Waals surface area contributed by atoms with Crippen LogP contribution in [0.1, 0.15) is 24.2 Å². The van der Waals surface area contributed by atoms with Crippen LogP contribution in [0.3, 0.4) is 0 Å². The second-order valence-corrected chi connectivity index (χ2v) is 3.62. The topological polar surface area (TPSA) is 55.8 Å². The van der Waals surface area contributed by atoms with Gasteiger partial charge < -0.3 is 14.6 Å². The van der Waals surface area contributed by atoms with Crippen molar-refractivity contribution in [1.29, 1.82) is 0 Å². The molecule has 0 saturated carbocycles. The van der Waals surface area contributed by atoms with E-state index >= 15 is 0 Å². The Bertz CT molecular complexity index is 400. The SMILES string of the molecule is CCOC(=O)C(O)c1ccc2c(c1)OCC2. The minimum atomic E-state index is -1.23. The lowest BCUT2D eigenvalue weighted by Crippen LogP contribution is -2.15. The third kappa shape index (κ3) is 2.02. The molecule has 1 aromatic carbocycles. The fraction of sp³-hybridized carbons (Fsp3) is 0.417. The molecular weight excluding hydrogens is 208 g/mol. The first kappa shape index (κ1) is 11.0. The van der Waals surface area contributed by atoms with E-state index in [-0.39, 0.29) is 6.61 Å². The number of hydrogen-bond acceptors (Lipinski definition) is 4. The maximum Gasteiger partial charge on any atom is 0.339 e. The lowest BCUT2D eigenvalue weighted by Gasteiger charge is -2.10. The highest BCUT2D eigenvalue weighted by Crippen LogP contribution is 2.28. The van der Waals surface area contributed by atoms with Gasteiger partial charge in [-0.15, -0.1) is 0 Å². The number of fused-ring (bicyclic) bond motifs is 1. The van der Waals surface area contributed by atoms with Crippen LogP contribution in [0.4, 0.5) is 0 Å². The van der Waals surface area contributed by atoms with Crippen molar-refractivity contribution < 1.29 is 19.4 Å². The van der Waals surface area contributed by atoms with Crippen LogP contribution in [-0.4, -0.2) is 24.3 Å². The summed E-state index contributed by atoms with van der Waals surface area (Å²) in [7, 11) is 0. The lowest BCUT2D eigenvalue weighted by atomic mass is 10.1. The van der Waals surface area contributed by atoms with E-state index in [0.29, 0.717) is 12.2 Å². The standard InChI is InChI=1S/C12H14O4/c1-2-15-12(14)11(13)9-4-3-8-5-6-16-10(8)7-9/h3-4,7,11,13H,2,5-6H2,1H3. The molecule has 2 rings (SSSR count). The number of benzene rings is 1. The number of carbonyl (C=O) groups excluding carboxylic acids is 1. The quantitative estimate of drug-likeness (QED) is 0.781. The van der Waals surface area contributed by atoms with Crippen LogP contribution in [0.5, 0.6) is 5.75 Å². The summed E-state index contributed by atoms with van der Waals surface area (Å²) in [6.45, 7) is 2.63. The van der Waals surface area contributed by atoms with Crippen molar-refractivity contribution in [3.63, 3.8) is 0 Å². The molecule has 1 N–H and O–H groups in total. The van der Waals surface area contributed by atoms with Gasteiger partial charge in [0.05, 0.1) is 13.2 Å². The van der Waals surface area contributed by atoms with Crippen LogP contribution < -0.4 is 4.74 Å². The molecule has 86 valence electrons. The second kappa shape index (κ2) is 4.53. The van der Waals surface area contributed by atoms with Gasteiger partial charge in [0.25, 0.3) is 0 Å². The van der Waals surface area contributed by atoms with Crippen molar-refractivity contribution in [1.82, 2.24) is 0 Å². The Balaban J connectivity index is 2.18. The Hall–Kier alpha value is -1.55. The summed E-state index contributed by atoms with van der Waals surface area (Å²) in [5, 5.41) is 9.72. The summed E-state index contributed by atoms with van der Waals surface area (Å²) in [5.74, 6) is 0.126. The Labute approximate surface area is 93.8 Å². The van der Waals surface area contributed by atoms with Gasteiger partial charge in [-0.05, 0) is 24.1 Å². The lowest BCUT2D eigenvalue weighted by molar-refractivity contribution is -0.153. The zero-order chi connectivity index (χ0) is 11.5. The van der Waals surface area contributed by atoms with E-state index in [1.165, 1.54) is 0 Å². The maximum atomic E-state index is 11.3. The number of ether oxygens (including phenoxy) is 2. The average molecular weight is 222 g/mol. The summed E-state index contributed by atoms with van der Waals surface area (Å²) in [6, 6.07) is 5.30.